The molecule has 1 saturated carbocycles. The standard InChI is InChI=1S/C11H23NO2S/c1-3-8-15(13,14)9-7-11(5-6-11)10-12-4-2/h12H,3-10H2,1-2H3. The van der Waals surface area contributed by atoms with Crippen LogP contribution in [0.2, 0.25) is 0 Å². The summed E-state index contributed by atoms with van der Waals surface area (Å²) in [5.41, 5.74) is 0.316. The quantitative estimate of drug-likeness (QED) is 0.692. The fourth-order valence-corrected chi connectivity index (χ4v) is 3.44. The van der Waals surface area contributed by atoms with Crippen LogP contribution in [0.4, 0.5) is 0 Å². The molecule has 4 heteroatoms. The maximum atomic E-state index is 11.6. The molecule has 0 radical (unpaired) electrons. The first-order valence-corrected chi connectivity index (χ1v) is 7.77. The largest absolute Gasteiger partial charge is 0.316 e. The van der Waals surface area contributed by atoms with E-state index in [0.717, 1.165) is 25.9 Å². The van der Waals surface area contributed by atoms with E-state index in [2.05, 4.69) is 12.2 Å². The van der Waals surface area contributed by atoms with Crippen LogP contribution >= 0.6 is 0 Å². The van der Waals surface area contributed by atoms with Gasteiger partial charge in [0.2, 0.25) is 0 Å². The van der Waals surface area contributed by atoms with Crippen LogP contribution < -0.4 is 5.32 Å². The zero-order chi connectivity index (χ0) is 11.4. The summed E-state index contributed by atoms with van der Waals surface area (Å²) < 4.78 is 23.1. The van der Waals surface area contributed by atoms with Crippen molar-refractivity contribution in [3.63, 3.8) is 0 Å². The van der Waals surface area contributed by atoms with E-state index in [1.165, 1.54) is 12.8 Å². The normalized spacial score (nSPS) is 19.1. The number of hydrogen-bond donors (Lipinski definition) is 1. The van der Waals surface area contributed by atoms with Crippen molar-refractivity contribution >= 4 is 9.84 Å². The van der Waals surface area contributed by atoms with Gasteiger partial charge in [0.25, 0.3) is 0 Å². The molecule has 1 rings (SSSR count). The topological polar surface area (TPSA) is 46.2 Å². The number of nitrogens with one attached hydrogen (secondary N) is 1. The van der Waals surface area contributed by atoms with Gasteiger partial charge in [-0.25, -0.2) is 8.42 Å². The van der Waals surface area contributed by atoms with E-state index >= 15 is 0 Å². The molecule has 0 amide bonds. The summed E-state index contributed by atoms with van der Waals surface area (Å²) in [6.07, 6.45) is 3.98. The monoisotopic (exact) mass is 233 g/mol. The van der Waals surface area contributed by atoms with Gasteiger partial charge in [0.05, 0.1) is 5.75 Å². The number of sulfone groups is 1. The Morgan fingerprint density at radius 2 is 1.87 bits per heavy atom. The predicted molar refractivity (Wildman–Crippen MR) is 63.8 cm³/mol. The Hall–Kier alpha value is -0.0900. The third-order valence-electron chi connectivity index (χ3n) is 3.17. The van der Waals surface area contributed by atoms with E-state index in [-0.39, 0.29) is 0 Å². The first-order chi connectivity index (χ1) is 7.04. The molecule has 90 valence electrons. The lowest BCUT2D eigenvalue weighted by atomic mass is 10.0. The van der Waals surface area contributed by atoms with Gasteiger partial charge in [0, 0.05) is 12.3 Å². The second-order valence-electron chi connectivity index (χ2n) is 4.68. The molecule has 1 fully saturated rings. The highest BCUT2D eigenvalue weighted by molar-refractivity contribution is 7.91. The van der Waals surface area contributed by atoms with Gasteiger partial charge in [0.1, 0.15) is 9.84 Å². The molecule has 1 N–H and O–H groups in total. The highest BCUT2D eigenvalue weighted by Gasteiger charge is 2.42. The Bertz CT molecular complexity index is 281. The maximum Gasteiger partial charge on any atom is 0.150 e. The Morgan fingerprint density at radius 3 is 2.33 bits per heavy atom. The van der Waals surface area contributed by atoms with Crippen molar-refractivity contribution in [3.8, 4) is 0 Å². The molecule has 0 spiro atoms. The SMILES string of the molecule is CCCS(=O)(=O)CCC1(CNCC)CC1. The van der Waals surface area contributed by atoms with E-state index in [1.807, 2.05) is 6.92 Å². The smallest absolute Gasteiger partial charge is 0.150 e. The van der Waals surface area contributed by atoms with Crippen LogP contribution in [0.25, 0.3) is 0 Å². The molecule has 0 aromatic heterocycles. The molecule has 0 bridgehead atoms. The molecular formula is C11H23NO2S. The fraction of sp³-hybridized carbons (Fsp3) is 1.00. The number of hydrogen-bond acceptors (Lipinski definition) is 3. The summed E-state index contributed by atoms with van der Waals surface area (Å²) in [5.74, 6) is 0.733. The first kappa shape index (κ1) is 13.0. The van der Waals surface area contributed by atoms with Crippen LogP contribution in [0.1, 0.15) is 39.5 Å². The first-order valence-electron chi connectivity index (χ1n) is 5.95. The second-order valence-corrected chi connectivity index (χ2v) is 6.99. The minimum absolute atomic E-state index is 0.316. The lowest BCUT2D eigenvalue weighted by Gasteiger charge is -2.15. The van der Waals surface area contributed by atoms with E-state index in [4.69, 9.17) is 0 Å². The minimum atomic E-state index is -2.78. The van der Waals surface area contributed by atoms with Crippen LogP contribution in [0.5, 0.6) is 0 Å². The Balaban J connectivity index is 2.30. The third-order valence-corrected chi connectivity index (χ3v) is 5.02. The van der Waals surface area contributed by atoms with Gasteiger partial charge in [-0.3, -0.25) is 0 Å². The van der Waals surface area contributed by atoms with Gasteiger partial charge in [0.15, 0.2) is 0 Å². The van der Waals surface area contributed by atoms with Gasteiger partial charge < -0.3 is 5.32 Å². The Kier molecular flexibility index (Phi) is 4.59. The summed E-state index contributed by atoms with van der Waals surface area (Å²) in [6, 6.07) is 0. The lowest BCUT2D eigenvalue weighted by Crippen LogP contribution is -2.26. The summed E-state index contributed by atoms with van der Waals surface area (Å²) in [6.45, 7) is 5.97. The lowest BCUT2D eigenvalue weighted by molar-refractivity contribution is 0.449. The summed E-state index contributed by atoms with van der Waals surface area (Å²) in [5, 5.41) is 3.32. The van der Waals surface area contributed by atoms with E-state index < -0.39 is 9.84 Å². The molecule has 0 aromatic rings. The van der Waals surface area contributed by atoms with Gasteiger partial charge in [-0.1, -0.05) is 13.8 Å². The van der Waals surface area contributed by atoms with Crippen molar-refractivity contribution in [2.45, 2.75) is 39.5 Å². The molecule has 0 saturated heterocycles. The van der Waals surface area contributed by atoms with Crippen LogP contribution in [-0.4, -0.2) is 33.0 Å². The van der Waals surface area contributed by atoms with Gasteiger partial charge >= 0.3 is 0 Å². The van der Waals surface area contributed by atoms with Crippen molar-refractivity contribution in [1.29, 1.82) is 0 Å². The second kappa shape index (κ2) is 5.30. The van der Waals surface area contributed by atoms with Crippen molar-refractivity contribution in [2.24, 2.45) is 5.41 Å². The molecule has 1 aliphatic rings. The molecule has 3 nitrogen and oxygen atoms in total. The zero-order valence-corrected chi connectivity index (χ0v) is 10.7. The predicted octanol–water partition coefficient (Wildman–Crippen LogP) is 1.59. The molecule has 0 aliphatic heterocycles. The molecule has 0 unspecified atom stereocenters. The molecular weight excluding hydrogens is 210 g/mol. The third kappa shape index (κ3) is 4.51. The fourth-order valence-electron chi connectivity index (χ4n) is 1.87. The molecule has 0 atom stereocenters. The maximum absolute atomic E-state index is 11.6. The van der Waals surface area contributed by atoms with Crippen LogP contribution in [0, 0.1) is 5.41 Å². The summed E-state index contributed by atoms with van der Waals surface area (Å²) in [4.78, 5) is 0. The van der Waals surface area contributed by atoms with Gasteiger partial charge in [-0.15, -0.1) is 0 Å². The van der Waals surface area contributed by atoms with Gasteiger partial charge in [-0.05, 0) is 37.6 Å². The average molecular weight is 233 g/mol. The Morgan fingerprint density at radius 1 is 1.20 bits per heavy atom. The van der Waals surface area contributed by atoms with Crippen LogP contribution in [0.3, 0.4) is 0 Å². The molecule has 0 aromatic carbocycles. The highest BCUT2D eigenvalue weighted by Crippen LogP contribution is 2.48. The summed E-state index contributed by atoms with van der Waals surface area (Å²) >= 11 is 0. The Labute approximate surface area is 93.6 Å². The van der Waals surface area contributed by atoms with Gasteiger partial charge in [-0.2, -0.15) is 0 Å². The van der Waals surface area contributed by atoms with Crippen LogP contribution in [-0.2, 0) is 9.84 Å². The van der Waals surface area contributed by atoms with Crippen LogP contribution in [0.15, 0.2) is 0 Å². The average Bonchev–Trinajstić information content (AvgIpc) is 2.93. The van der Waals surface area contributed by atoms with E-state index in [1.54, 1.807) is 0 Å². The van der Waals surface area contributed by atoms with E-state index in [0.29, 0.717) is 16.9 Å². The molecule has 0 heterocycles. The summed E-state index contributed by atoms with van der Waals surface area (Å²) in [7, 11) is -2.78. The van der Waals surface area contributed by atoms with E-state index in [9.17, 15) is 8.42 Å². The molecule has 15 heavy (non-hydrogen) atoms. The van der Waals surface area contributed by atoms with Crippen molar-refractivity contribution in [3.05, 3.63) is 0 Å². The molecule has 1 aliphatic carbocycles. The highest BCUT2D eigenvalue weighted by atomic mass is 32.2. The van der Waals surface area contributed by atoms with Crippen molar-refractivity contribution < 1.29 is 8.42 Å². The number of rotatable bonds is 8. The minimum Gasteiger partial charge on any atom is -0.316 e. The van der Waals surface area contributed by atoms with Crippen molar-refractivity contribution in [1.82, 2.24) is 5.32 Å². The zero-order valence-electron chi connectivity index (χ0n) is 9.88. The van der Waals surface area contributed by atoms with Crippen molar-refractivity contribution in [2.75, 3.05) is 24.6 Å².